The molecule has 0 unspecified atom stereocenters. The lowest BCUT2D eigenvalue weighted by molar-refractivity contribution is 0.0617. The Morgan fingerprint density at radius 1 is 0.704 bits per heavy atom. The van der Waals surface area contributed by atoms with Gasteiger partial charge in [-0.3, -0.25) is 38.3 Å². The number of amides is 5. The van der Waals surface area contributed by atoms with Crippen LogP contribution in [0.15, 0.2) is 111 Å². The molecule has 23 heteroatoms. The minimum atomic E-state index is -5.61. The number of nitrogens with one attached hydrogen (secondary N) is 1. The van der Waals surface area contributed by atoms with Crippen molar-refractivity contribution in [3.63, 3.8) is 0 Å². The first-order chi connectivity index (χ1) is 33.8. The Balaban J connectivity index is 1.44. The number of ether oxygens (including phenoxy) is 3. The highest BCUT2D eigenvalue weighted by molar-refractivity contribution is 7.89. The van der Waals surface area contributed by atoms with Gasteiger partial charge in [-0.15, -0.1) is 10.2 Å². The van der Waals surface area contributed by atoms with Crippen molar-refractivity contribution in [2.75, 3.05) is 39.7 Å². The number of rotatable bonds is 16. The first kappa shape index (κ1) is 49.7. The number of hydrogen-bond donors (Lipinski definition) is 3. The molecule has 5 amide bonds. The van der Waals surface area contributed by atoms with Gasteiger partial charge in [0.15, 0.2) is 5.75 Å². The fourth-order valence-electron chi connectivity index (χ4n) is 8.50. The van der Waals surface area contributed by atoms with Gasteiger partial charge in [0.2, 0.25) is 10.0 Å². The van der Waals surface area contributed by atoms with Crippen molar-refractivity contribution in [1.82, 2.24) is 14.1 Å². The van der Waals surface area contributed by atoms with E-state index in [1.807, 2.05) is 0 Å². The number of aromatic hydroxyl groups is 1. The van der Waals surface area contributed by atoms with Crippen LogP contribution in [-0.4, -0.2) is 105 Å². The standard InChI is InChI=1S/C48H41ClN6O14S2/c1-6-53(7-2)70(62,63)26-17-19-36(67-3)35(20-26)51-52-41-39-31(43(71(64,65)66)40(42(41)56)44(57)50-34-21-33(49)37(68-4)22-38(34)69-5)18-16-25(23-54-45(58)27-12-8-9-13-28(27)46(54)59)32(39)24-55-47(60)29-14-10-11-15-30(29)48(55)61/h8-22,56H,6-7,23-24H2,1-5H3,(H,50,57)(H,64,65,66). The quantitative estimate of drug-likeness (QED) is 0.0475. The zero-order valence-electron chi connectivity index (χ0n) is 38.2. The zero-order chi connectivity index (χ0) is 51.3. The van der Waals surface area contributed by atoms with Gasteiger partial charge in [0.1, 0.15) is 39.1 Å². The van der Waals surface area contributed by atoms with Crippen LogP contribution in [-0.2, 0) is 33.2 Å². The molecule has 3 N–H and O–H groups in total. The largest absolute Gasteiger partial charge is 0.505 e. The van der Waals surface area contributed by atoms with Crippen molar-refractivity contribution in [2.45, 2.75) is 36.7 Å². The number of imide groups is 2. The van der Waals surface area contributed by atoms with Crippen LogP contribution in [0.4, 0.5) is 17.1 Å². The van der Waals surface area contributed by atoms with Crippen molar-refractivity contribution in [2.24, 2.45) is 10.2 Å². The van der Waals surface area contributed by atoms with Gasteiger partial charge in [0.25, 0.3) is 39.7 Å². The van der Waals surface area contributed by atoms with Crippen molar-refractivity contribution < 1.29 is 64.7 Å². The first-order valence-electron chi connectivity index (χ1n) is 21.3. The second-order valence-corrected chi connectivity index (χ2v) is 19.5. The topological polar surface area (TPSA) is 268 Å². The molecule has 20 nitrogen and oxygen atoms in total. The van der Waals surface area contributed by atoms with Gasteiger partial charge in [0, 0.05) is 29.9 Å². The van der Waals surface area contributed by atoms with Gasteiger partial charge in [-0.05, 0) is 59.7 Å². The lowest BCUT2D eigenvalue weighted by atomic mass is 9.93. The van der Waals surface area contributed by atoms with E-state index in [0.717, 1.165) is 21.9 Å². The fourth-order valence-corrected chi connectivity index (χ4v) is 11.1. The summed E-state index contributed by atoms with van der Waals surface area (Å²) in [5.41, 5.74) is -2.27. The molecule has 2 aliphatic rings. The van der Waals surface area contributed by atoms with Crippen LogP contribution in [0.2, 0.25) is 5.02 Å². The molecule has 0 fully saturated rings. The van der Waals surface area contributed by atoms with Gasteiger partial charge in [-0.2, -0.15) is 12.7 Å². The average Bonchev–Trinajstić information content (AvgIpc) is 3.73. The van der Waals surface area contributed by atoms with Crippen molar-refractivity contribution in [1.29, 1.82) is 0 Å². The molecule has 0 atom stereocenters. The smallest absolute Gasteiger partial charge is 0.296 e. The molecule has 0 bridgehead atoms. The summed E-state index contributed by atoms with van der Waals surface area (Å²) < 4.78 is 83.4. The maximum Gasteiger partial charge on any atom is 0.296 e. The van der Waals surface area contributed by atoms with Crippen LogP contribution in [0.25, 0.3) is 10.8 Å². The van der Waals surface area contributed by atoms with Crippen molar-refractivity contribution in [3.8, 4) is 23.0 Å². The molecule has 366 valence electrons. The van der Waals surface area contributed by atoms with E-state index in [-0.39, 0.29) is 85.0 Å². The number of hydrogen-bond acceptors (Lipinski definition) is 15. The summed E-state index contributed by atoms with van der Waals surface area (Å²) in [7, 11) is -5.91. The molecule has 0 saturated carbocycles. The highest BCUT2D eigenvalue weighted by Gasteiger charge is 2.40. The number of azo groups is 1. The van der Waals surface area contributed by atoms with Crippen LogP contribution in [0.3, 0.4) is 0 Å². The Kier molecular flexibility index (Phi) is 13.4. The fraction of sp³-hybridized carbons (Fsp3) is 0.188. The summed E-state index contributed by atoms with van der Waals surface area (Å²) in [5.74, 6) is -5.61. The maximum atomic E-state index is 14.6. The van der Waals surface area contributed by atoms with Gasteiger partial charge in [-0.25, -0.2) is 8.42 Å². The second kappa shape index (κ2) is 19.2. The number of nitrogens with zero attached hydrogens (tertiary/aromatic N) is 5. The SMILES string of the molecule is CCN(CC)S(=O)(=O)c1ccc(OC)c(N=Nc2c(O)c(C(=O)Nc3cc(Cl)c(OC)cc3OC)c(S(=O)(=O)O)c3ccc(CN4C(=O)c5ccccc5C4=O)c(CN4C(=O)c5ccccc5C4=O)c23)c1. The average molecular weight is 1030 g/mol. The minimum Gasteiger partial charge on any atom is -0.505 e. The van der Waals surface area contributed by atoms with Gasteiger partial charge in [0.05, 0.1) is 72.3 Å². The van der Waals surface area contributed by atoms with Gasteiger partial charge < -0.3 is 24.6 Å². The summed E-state index contributed by atoms with van der Waals surface area (Å²) in [4.78, 5) is 70.7. The Bertz CT molecular complexity index is 3480. The molecular weight excluding hydrogens is 984 g/mol. The van der Waals surface area contributed by atoms with Crippen LogP contribution in [0.1, 0.15) is 76.8 Å². The van der Waals surface area contributed by atoms with E-state index >= 15 is 0 Å². The Hall–Kier alpha value is -7.76. The molecule has 0 aliphatic carbocycles. The van der Waals surface area contributed by atoms with E-state index in [2.05, 4.69) is 15.5 Å². The van der Waals surface area contributed by atoms with E-state index < -0.39 is 95.4 Å². The number of carbonyl (C=O) groups is 5. The third-order valence-corrected chi connectivity index (χ3v) is 15.2. The number of phenolic OH excluding ortho intramolecular Hbond substituents is 1. The Morgan fingerprint density at radius 2 is 1.24 bits per heavy atom. The molecule has 2 aliphatic heterocycles. The van der Waals surface area contributed by atoms with Crippen LogP contribution >= 0.6 is 11.6 Å². The number of halogens is 1. The third-order valence-electron chi connectivity index (χ3n) is 11.9. The zero-order valence-corrected chi connectivity index (χ0v) is 40.6. The Morgan fingerprint density at radius 3 is 1.75 bits per heavy atom. The summed E-state index contributed by atoms with van der Waals surface area (Å²) >= 11 is 6.39. The van der Waals surface area contributed by atoms with E-state index in [9.17, 15) is 50.5 Å². The second-order valence-electron chi connectivity index (χ2n) is 15.8. The molecule has 8 rings (SSSR count). The number of phenols is 1. The molecule has 6 aromatic rings. The molecule has 2 heterocycles. The monoisotopic (exact) mass is 1020 g/mol. The predicted molar refractivity (Wildman–Crippen MR) is 257 cm³/mol. The number of sulfonamides is 1. The maximum absolute atomic E-state index is 14.6. The molecule has 0 radical (unpaired) electrons. The number of methoxy groups -OCH3 is 3. The van der Waals surface area contributed by atoms with E-state index in [1.165, 1.54) is 92.4 Å². The van der Waals surface area contributed by atoms with Crippen LogP contribution in [0, 0.1) is 0 Å². The summed E-state index contributed by atoms with van der Waals surface area (Å²) in [6.07, 6.45) is 0. The normalized spacial score (nSPS) is 13.7. The van der Waals surface area contributed by atoms with Crippen molar-refractivity contribution in [3.05, 3.63) is 135 Å². The number of fused-ring (bicyclic) bond motifs is 3. The van der Waals surface area contributed by atoms with Gasteiger partial charge >= 0.3 is 0 Å². The van der Waals surface area contributed by atoms with Crippen LogP contribution in [0.5, 0.6) is 23.0 Å². The van der Waals surface area contributed by atoms with E-state index in [4.69, 9.17) is 25.8 Å². The number of carbonyl (C=O) groups excluding carboxylic acids is 5. The lowest BCUT2D eigenvalue weighted by Gasteiger charge is -2.24. The van der Waals surface area contributed by atoms with E-state index in [0.29, 0.717) is 0 Å². The first-order valence-corrected chi connectivity index (χ1v) is 24.6. The van der Waals surface area contributed by atoms with Crippen molar-refractivity contribution >= 4 is 89.1 Å². The summed E-state index contributed by atoms with van der Waals surface area (Å²) in [6.45, 7) is 2.19. The lowest BCUT2D eigenvalue weighted by Crippen LogP contribution is -2.32. The van der Waals surface area contributed by atoms with E-state index in [1.54, 1.807) is 26.0 Å². The summed E-state index contributed by atoms with van der Waals surface area (Å²) in [6, 6.07) is 20.5. The van der Waals surface area contributed by atoms with Gasteiger partial charge in [-0.1, -0.05) is 61.8 Å². The molecule has 0 saturated heterocycles. The highest BCUT2D eigenvalue weighted by atomic mass is 35.5. The molecular formula is C48H41ClN6O14S2. The molecule has 0 spiro atoms. The third kappa shape index (κ3) is 8.69. The predicted octanol–water partition coefficient (Wildman–Crippen LogP) is 7.76. The minimum absolute atomic E-state index is 0.000376. The number of benzene rings is 6. The molecule has 71 heavy (non-hydrogen) atoms. The van der Waals surface area contributed by atoms with Crippen LogP contribution < -0.4 is 19.5 Å². The molecule has 6 aromatic carbocycles. The highest BCUT2D eigenvalue weighted by Crippen LogP contribution is 2.48. The number of anilines is 1. The molecule has 0 aromatic heterocycles. The summed E-state index contributed by atoms with van der Waals surface area (Å²) in [5, 5.41) is 22.6. The Labute approximate surface area is 410 Å².